The zero-order chi connectivity index (χ0) is 44.7. The summed E-state index contributed by atoms with van der Waals surface area (Å²) in [5.74, 6) is 0. The summed E-state index contributed by atoms with van der Waals surface area (Å²) in [6.07, 6.45) is 0. The van der Waals surface area contributed by atoms with Crippen LogP contribution in [0.3, 0.4) is 0 Å². The van der Waals surface area contributed by atoms with Crippen LogP contribution in [0.25, 0.3) is 66.1 Å². The van der Waals surface area contributed by atoms with Crippen molar-refractivity contribution in [3.8, 4) is 44.5 Å². The van der Waals surface area contributed by atoms with Crippen LogP contribution in [0.1, 0.15) is 47.2 Å². The van der Waals surface area contributed by atoms with Crippen molar-refractivity contribution in [3.63, 3.8) is 0 Å². The Bertz CT molecular complexity index is 3660. The SMILES string of the molecule is CC1(C)c2ccccc2C2(c3ccccc3-c3ccc(-c4ccc5c(ccc6cc(N(c7ccc(-c8ccccc8)cc7)c7ccccc7-c7ccccc7)ccc65)c4)cc32)c2ccccc21. The molecule has 0 heterocycles. The molecule has 0 aromatic heterocycles. The van der Waals surface area contributed by atoms with Crippen LogP contribution in [0.4, 0.5) is 17.1 Å². The molecule has 2 aliphatic rings. The quantitative estimate of drug-likeness (QED) is 0.151. The molecular weight excluding hydrogens is 807 g/mol. The van der Waals surface area contributed by atoms with Crippen LogP contribution in [-0.4, -0.2) is 0 Å². The first kappa shape index (κ1) is 39.1. The maximum atomic E-state index is 2.50. The molecule has 0 N–H and O–H groups in total. The number of hydrogen-bond donors (Lipinski definition) is 0. The Morgan fingerprint density at radius 3 is 1.43 bits per heavy atom. The van der Waals surface area contributed by atoms with Gasteiger partial charge < -0.3 is 4.90 Å². The minimum absolute atomic E-state index is 0.130. The Kier molecular flexibility index (Phi) is 8.85. The first-order chi connectivity index (χ1) is 33.0. The summed E-state index contributed by atoms with van der Waals surface area (Å²) < 4.78 is 0. The predicted molar refractivity (Wildman–Crippen MR) is 282 cm³/mol. The molecule has 316 valence electrons. The van der Waals surface area contributed by atoms with E-state index in [0.717, 1.165) is 17.1 Å². The fourth-order valence-corrected chi connectivity index (χ4v) is 11.8. The van der Waals surface area contributed by atoms with E-state index in [9.17, 15) is 0 Å². The van der Waals surface area contributed by atoms with Crippen molar-refractivity contribution in [2.24, 2.45) is 0 Å². The molecule has 0 saturated heterocycles. The van der Waals surface area contributed by atoms with E-state index in [1.165, 1.54) is 99.4 Å². The maximum Gasteiger partial charge on any atom is 0.0719 e. The van der Waals surface area contributed by atoms with Crippen molar-refractivity contribution in [2.45, 2.75) is 24.7 Å². The van der Waals surface area contributed by atoms with Crippen molar-refractivity contribution in [3.05, 3.63) is 282 Å². The topological polar surface area (TPSA) is 3.24 Å². The van der Waals surface area contributed by atoms with E-state index in [0.29, 0.717) is 0 Å². The summed E-state index contributed by atoms with van der Waals surface area (Å²) in [6.45, 7) is 4.78. The van der Waals surface area contributed by atoms with Crippen molar-refractivity contribution in [1.29, 1.82) is 0 Å². The number of hydrogen-bond acceptors (Lipinski definition) is 1. The number of benzene rings is 11. The van der Waals surface area contributed by atoms with E-state index in [4.69, 9.17) is 0 Å². The maximum absolute atomic E-state index is 2.50. The third kappa shape index (κ3) is 5.94. The molecule has 67 heavy (non-hydrogen) atoms. The summed E-state index contributed by atoms with van der Waals surface area (Å²) in [4.78, 5) is 2.41. The second-order valence-corrected chi connectivity index (χ2v) is 18.8. The van der Waals surface area contributed by atoms with Crippen LogP contribution < -0.4 is 4.90 Å². The van der Waals surface area contributed by atoms with Gasteiger partial charge in [0.15, 0.2) is 0 Å². The minimum atomic E-state index is -0.422. The molecule has 0 unspecified atom stereocenters. The van der Waals surface area contributed by atoms with Gasteiger partial charge in [-0.3, -0.25) is 0 Å². The summed E-state index contributed by atoms with van der Waals surface area (Å²) in [6, 6.07) is 92.4. The van der Waals surface area contributed by atoms with Crippen molar-refractivity contribution >= 4 is 38.6 Å². The van der Waals surface area contributed by atoms with Crippen molar-refractivity contribution < 1.29 is 0 Å². The highest BCUT2D eigenvalue weighted by molar-refractivity contribution is 6.10. The Morgan fingerprint density at radius 2 is 0.746 bits per heavy atom. The molecule has 0 amide bonds. The lowest BCUT2D eigenvalue weighted by Crippen LogP contribution is -2.40. The highest BCUT2D eigenvalue weighted by Gasteiger charge is 2.53. The third-order valence-corrected chi connectivity index (χ3v) is 14.9. The van der Waals surface area contributed by atoms with Gasteiger partial charge in [0, 0.05) is 22.4 Å². The lowest BCUT2D eigenvalue weighted by Gasteiger charge is -2.46. The van der Waals surface area contributed by atoms with Crippen LogP contribution in [0.15, 0.2) is 249 Å². The average molecular weight is 854 g/mol. The van der Waals surface area contributed by atoms with E-state index >= 15 is 0 Å². The van der Waals surface area contributed by atoms with Gasteiger partial charge in [0.05, 0.1) is 11.1 Å². The van der Waals surface area contributed by atoms with Crippen LogP contribution in [0.2, 0.25) is 0 Å². The molecular formula is C66H47N. The average Bonchev–Trinajstić information content (AvgIpc) is 3.69. The Balaban J connectivity index is 0.928. The molecule has 1 spiro atoms. The largest absolute Gasteiger partial charge is 0.310 e. The molecule has 0 radical (unpaired) electrons. The number of fused-ring (bicyclic) bond motifs is 12. The number of anilines is 3. The fourth-order valence-electron chi connectivity index (χ4n) is 11.8. The molecule has 11 aromatic rings. The number of nitrogens with zero attached hydrogens (tertiary/aromatic N) is 1. The monoisotopic (exact) mass is 853 g/mol. The smallest absolute Gasteiger partial charge is 0.0719 e. The second-order valence-electron chi connectivity index (χ2n) is 18.8. The molecule has 11 aromatic carbocycles. The first-order valence-electron chi connectivity index (χ1n) is 23.5. The van der Waals surface area contributed by atoms with Gasteiger partial charge in [-0.2, -0.15) is 0 Å². The molecule has 0 saturated carbocycles. The summed E-state index contributed by atoms with van der Waals surface area (Å²) in [5, 5.41) is 4.92. The van der Waals surface area contributed by atoms with Gasteiger partial charge in [-0.15, -0.1) is 0 Å². The van der Waals surface area contributed by atoms with Crippen LogP contribution in [0, 0.1) is 0 Å². The van der Waals surface area contributed by atoms with E-state index in [-0.39, 0.29) is 5.41 Å². The second kappa shape index (κ2) is 15.2. The molecule has 1 nitrogen and oxygen atoms in total. The zero-order valence-electron chi connectivity index (χ0n) is 37.6. The summed E-state index contributed by atoms with van der Waals surface area (Å²) in [5.41, 5.74) is 21.0. The van der Waals surface area contributed by atoms with Gasteiger partial charge in [-0.1, -0.05) is 220 Å². The molecule has 0 aliphatic heterocycles. The van der Waals surface area contributed by atoms with Gasteiger partial charge in [-0.25, -0.2) is 0 Å². The highest BCUT2D eigenvalue weighted by Crippen LogP contribution is 2.62. The zero-order valence-corrected chi connectivity index (χ0v) is 37.6. The molecule has 13 rings (SSSR count). The van der Waals surface area contributed by atoms with Crippen molar-refractivity contribution in [1.82, 2.24) is 0 Å². The van der Waals surface area contributed by atoms with Gasteiger partial charge in [0.1, 0.15) is 0 Å². The summed E-state index contributed by atoms with van der Waals surface area (Å²) >= 11 is 0. The van der Waals surface area contributed by atoms with Crippen LogP contribution in [0.5, 0.6) is 0 Å². The van der Waals surface area contributed by atoms with E-state index in [1.807, 2.05) is 0 Å². The van der Waals surface area contributed by atoms with Crippen LogP contribution in [-0.2, 0) is 10.8 Å². The molecule has 0 atom stereocenters. The van der Waals surface area contributed by atoms with Gasteiger partial charge >= 0.3 is 0 Å². The molecule has 2 aliphatic carbocycles. The number of para-hydroxylation sites is 1. The van der Waals surface area contributed by atoms with E-state index < -0.39 is 5.41 Å². The molecule has 1 heteroatoms. The van der Waals surface area contributed by atoms with E-state index in [1.54, 1.807) is 0 Å². The Hall–Kier alpha value is -8.26. The first-order valence-corrected chi connectivity index (χ1v) is 23.5. The molecule has 0 bridgehead atoms. The Labute approximate surface area is 392 Å². The third-order valence-electron chi connectivity index (χ3n) is 14.9. The fraction of sp³-hybridized carbons (Fsp3) is 0.0606. The normalized spacial score (nSPS) is 13.8. The summed E-state index contributed by atoms with van der Waals surface area (Å²) in [7, 11) is 0. The lowest BCUT2D eigenvalue weighted by atomic mass is 9.55. The standard InChI is InChI=1S/C66H47N/c1-65(2)59-24-12-14-26-61(59)66(62-27-15-13-25-60(62)65)58-23-11-9-22-56(58)57-39-34-48(43-63(57)66)47-33-38-53-49(41-47)29-30-50-42-52(37-40-54(50)53)67(51-35-31-45(32-36-51)44-17-5-3-6-18-44)64-28-16-10-21-55(64)46-19-7-4-8-20-46/h3-43H,1-2H3. The van der Waals surface area contributed by atoms with E-state index in [2.05, 4.69) is 267 Å². The lowest BCUT2D eigenvalue weighted by molar-refractivity contribution is 0.563. The molecule has 0 fully saturated rings. The number of rotatable bonds is 6. The van der Waals surface area contributed by atoms with Crippen LogP contribution >= 0.6 is 0 Å². The van der Waals surface area contributed by atoms with Gasteiger partial charge in [0.25, 0.3) is 0 Å². The van der Waals surface area contributed by atoms with Crippen molar-refractivity contribution in [2.75, 3.05) is 4.90 Å². The highest BCUT2D eigenvalue weighted by atomic mass is 15.1. The predicted octanol–water partition coefficient (Wildman–Crippen LogP) is 17.5. The van der Waals surface area contributed by atoms with Gasteiger partial charge in [0.2, 0.25) is 0 Å². The Morgan fingerprint density at radius 1 is 0.284 bits per heavy atom. The minimum Gasteiger partial charge on any atom is -0.310 e. The van der Waals surface area contributed by atoms with Gasteiger partial charge in [-0.05, 0) is 136 Å².